The molecule has 0 bridgehead atoms. The monoisotopic (exact) mass is 491 g/mol. The summed E-state index contributed by atoms with van der Waals surface area (Å²) in [7, 11) is 1.33. The molecule has 2 heterocycles. The molecular formula is C28H33N3O5. The van der Waals surface area contributed by atoms with Crippen molar-refractivity contribution in [1.29, 1.82) is 5.26 Å². The standard InChI is InChI=1S/C28H33N3O5/c1-28(2,3)36-27(33)31-16-20-12-21(30-15-18-7-9-35-10-8-18)13-23(25(20)17-31)22-6-5-19(14-29)11-24(22)26(32)34-4/h5-6,11-13,18,30H,7-10,15-17H2,1-4H3. The highest BCUT2D eigenvalue weighted by atomic mass is 16.6. The summed E-state index contributed by atoms with van der Waals surface area (Å²) >= 11 is 0. The van der Waals surface area contributed by atoms with Gasteiger partial charge in [-0.2, -0.15) is 5.26 Å². The van der Waals surface area contributed by atoms with Crippen molar-refractivity contribution in [2.24, 2.45) is 5.92 Å². The molecule has 1 N–H and O–H groups in total. The van der Waals surface area contributed by atoms with Gasteiger partial charge in [0.05, 0.1) is 30.9 Å². The van der Waals surface area contributed by atoms with E-state index >= 15 is 0 Å². The number of ether oxygens (including phenoxy) is 3. The quantitative estimate of drug-likeness (QED) is 0.581. The van der Waals surface area contributed by atoms with Gasteiger partial charge >= 0.3 is 12.1 Å². The molecule has 0 unspecified atom stereocenters. The number of nitrogens with zero attached hydrogens (tertiary/aromatic N) is 2. The first-order chi connectivity index (χ1) is 17.2. The zero-order chi connectivity index (χ0) is 25.9. The molecule has 0 atom stereocenters. The predicted molar refractivity (Wildman–Crippen MR) is 135 cm³/mol. The number of nitriles is 1. The van der Waals surface area contributed by atoms with Crippen molar-refractivity contribution in [1.82, 2.24) is 4.90 Å². The molecular weight excluding hydrogens is 458 g/mol. The SMILES string of the molecule is COC(=O)c1cc(C#N)ccc1-c1cc(NCC2CCOCC2)cc2c1CN(C(=O)OC(C)(C)C)C2. The Morgan fingerprint density at radius 1 is 1.14 bits per heavy atom. The molecule has 0 saturated carbocycles. The first-order valence-corrected chi connectivity index (χ1v) is 12.3. The number of esters is 1. The van der Waals surface area contributed by atoms with Crippen molar-refractivity contribution in [2.45, 2.75) is 52.3 Å². The van der Waals surface area contributed by atoms with Crippen molar-refractivity contribution in [3.05, 3.63) is 52.6 Å². The van der Waals surface area contributed by atoms with Crippen LogP contribution in [0.4, 0.5) is 10.5 Å². The van der Waals surface area contributed by atoms with E-state index in [9.17, 15) is 14.9 Å². The van der Waals surface area contributed by atoms with Gasteiger partial charge in [-0.3, -0.25) is 4.90 Å². The molecule has 1 fully saturated rings. The lowest BCUT2D eigenvalue weighted by Crippen LogP contribution is -2.33. The summed E-state index contributed by atoms with van der Waals surface area (Å²) in [5.74, 6) is 0.00710. The Morgan fingerprint density at radius 3 is 2.56 bits per heavy atom. The average molecular weight is 492 g/mol. The molecule has 36 heavy (non-hydrogen) atoms. The van der Waals surface area contributed by atoms with Gasteiger partial charge in [0, 0.05) is 32.0 Å². The van der Waals surface area contributed by atoms with E-state index < -0.39 is 11.6 Å². The lowest BCUT2D eigenvalue weighted by atomic mass is 9.91. The number of rotatable bonds is 5. The van der Waals surface area contributed by atoms with Gasteiger partial charge in [-0.1, -0.05) is 6.07 Å². The topological polar surface area (TPSA) is 101 Å². The van der Waals surface area contributed by atoms with E-state index in [1.807, 2.05) is 26.8 Å². The predicted octanol–water partition coefficient (Wildman–Crippen LogP) is 5.10. The number of carbonyl (C=O) groups excluding carboxylic acids is 2. The number of methoxy groups -OCH3 is 1. The van der Waals surface area contributed by atoms with Gasteiger partial charge in [-0.25, -0.2) is 9.59 Å². The number of benzene rings is 2. The molecule has 0 aliphatic carbocycles. The van der Waals surface area contributed by atoms with Crippen LogP contribution < -0.4 is 5.32 Å². The number of anilines is 1. The normalized spacial score (nSPS) is 15.7. The van der Waals surface area contributed by atoms with Crippen LogP contribution in [0.15, 0.2) is 30.3 Å². The van der Waals surface area contributed by atoms with Gasteiger partial charge in [0.15, 0.2) is 0 Å². The first-order valence-electron chi connectivity index (χ1n) is 12.3. The molecule has 2 aromatic carbocycles. The van der Waals surface area contributed by atoms with Crippen LogP contribution in [0.1, 0.15) is 60.7 Å². The van der Waals surface area contributed by atoms with Crippen LogP contribution >= 0.6 is 0 Å². The van der Waals surface area contributed by atoms with E-state index in [1.165, 1.54) is 7.11 Å². The van der Waals surface area contributed by atoms with E-state index in [-0.39, 0.29) is 6.09 Å². The lowest BCUT2D eigenvalue weighted by Gasteiger charge is -2.24. The third kappa shape index (κ3) is 5.80. The highest BCUT2D eigenvalue weighted by Crippen LogP contribution is 2.38. The molecule has 2 aliphatic heterocycles. The fourth-order valence-corrected chi connectivity index (χ4v) is 4.65. The summed E-state index contributed by atoms with van der Waals surface area (Å²) in [5, 5.41) is 12.9. The maximum Gasteiger partial charge on any atom is 0.410 e. The minimum atomic E-state index is -0.601. The zero-order valence-corrected chi connectivity index (χ0v) is 21.3. The molecule has 0 aromatic heterocycles. The number of carbonyl (C=O) groups is 2. The third-order valence-electron chi connectivity index (χ3n) is 6.48. The molecule has 0 radical (unpaired) electrons. The second kappa shape index (κ2) is 10.6. The average Bonchev–Trinajstić information content (AvgIpc) is 3.30. The van der Waals surface area contributed by atoms with Crippen LogP contribution in [0.5, 0.6) is 0 Å². The van der Waals surface area contributed by atoms with E-state index in [4.69, 9.17) is 14.2 Å². The minimum Gasteiger partial charge on any atom is -0.465 e. The molecule has 2 aliphatic rings. The molecule has 1 amide bonds. The van der Waals surface area contributed by atoms with Crippen LogP contribution in [0.3, 0.4) is 0 Å². The van der Waals surface area contributed by atoms with Crippen LogP contribution in [0.2, 0.25) is 0 Å². The largest absolute Gasteiger partial charge is 0.465 e. The van der Waals surface area contributed by atoms with Crippen molar-refractivity contribution in [3.8, 4) is 17.2 Å². The molecule has 8 heteroatoms. The van der Waals surface area contributed by atoms with Gasteiger partial charge in [0.1, 0.15) is 5.60 Å². The number of hydrogen-bond donors (Lipinski definition) is 1. The Morgan fingerprint density at radius 2 is 1.89 bits per heavy atom. The molecule has 1 saturated heterocycles. The van der Waals surface area contributed by atoms with Gasteiger partial charge in [0.2, 0.25) is 0 Å². The van der Waals surface area contributed by atoms with Crippen molar-refractivity contribution in [2.75, 3.05) is 32.2 Å². The highest BCUT2D eigenvalue weighted by Gasteiger charge is 2.31. The fourth-order valence-electron chi connectivity index (χ4n) is 4.65. The Hall–Kier alpha value is -3.57. The second-order valence-electron chi connectivity index (χ2n) is 10.3. The molecule has 4 rings (SSSR count). The lowest BCUT2D eigenvalue weighted by molar-refractivity contribution is 0.0241. The van der Waals surface area contributed by atoms with E-state index in [1.54, 1.807) is 23.1 Å². The molecule has 190 valence electrons. The third-order valence-corrected chi connectivity index (χ3v) is 6.48. The van der Waals surface area contributed by atoms with Crippen LogP contribution in [0, 0.1) is 17.2 Å². The number of nitrogens with one attached hydrogen (secondary N) is 1. The maximum atomic E-state index is 12.9. The van der Waals surface area contributed by atoms with Gasteiger partial charge in [0.25, 0.3) is 0 Å². The van der Waals surface area contributed by atoms with Crippen molar-refractivity contribution >= 4 is 17.7 Å². The van der Waals surface area contributed by atoms with Crippen molar-refractivity contribution in [3.63, 3.8) is 0 Å². The Bertz CT molecular complexity index is 1190. The Labute approximate surface area is 212 Å². The van der Waals surface area contributed by atoms with Crippen molar-refractivity contribution < 1.29 is 23.8 Å². The molecule has 8 nitrogen and oxygen atoms in total. The number of hydrogen-bond acceptors (Lipinski definition) is 7. The summed E-state index contributed by atoms with van der Waals surface area (Å²) in [4.78, 5) is 27.2. The zero-order valence-electron chi connectivity index (χ0n) is 21.3. The summed E-state index contributed by atoms with van der Waals surface area (Å²) in [6.07, 6.45) is 1.65. The molecule has 0 spiro atoms. The van der Waals surface area contributed by atoms with Crippen LogP contribution in [0.25, 0.3) is 11.1 Å². The smallest absolute Gasteiger partial charge is 0.410 e. The van der Waals surface area contributed by atoms with Gasteiger partial charge in [-0.15, -0.1) is 0 Å². The van der Waals surface area contributed by atoms with E-state index in [0.717, 1.165) is 55.0 Å². The number of fused-ring (bicyclic) bond motifs is 1. The number of amides is 1. The first kappa shape index (κ1) is 25.5. The van der Waals surface area contributed by atoms with Crippen LogP contribution in [-0.4, -0.2) is 49.4 Å². The fraction of sp³-hybridized carbons (Fsp3) is 0.464. The van der Waals surface area contributed by atoms with Gasteiger partial charge in [-0.05, 0) is 86.1 Å². The Kier molecular flexibility index (Phi) is 7.51. The Balaban J connectivity index is 1.73. The second-order valence-corrected chi connectivity index (χ2v) is 10.3. The maximum absolute atomic E-state index is 12.9. The molecule has 2 aromatic rings. The summed E-state index contributed by atoms with van der Waals surface area (Å²) < 4.78 is 16.1. The summed E-state index contributed by atoms with van der Waals surface area (Å²) in [6, 6.07) is 11.2. The van der Waals surface area contributed by atoms with E-state index in [2.05, 4.69) is 17.5 Å². The minimum absolute atomic E-state index is 0.316. The highest BCUT2D eigenvalue weighted by molar-refractivity contribution is 5.98. The van der Waals surface area contributed by atoms with Gasteiger partial charge < -0.3 is 19.5 Å². The van der Waals surface area contributed by atoms with Crippen LogP contribution in [-0.2, 0) is 27.3 Å². The summed E-state index contributed by atoms with van der Waals surface area (Å²) in [6.45, 7) is 8.68. The van der Waals surface area contributed by atoms with E-state index in [0.29, 0.717) is 35.7 Å². The summed E-state index contributed by atoms with van der Waals surface area (Å²) in [5.41, 5.74) is 4.45.